The van der Waals surface area contributed by atoms with Crippen LogP contribution < -0.4 is 19.5 Å². The van der Waals surface area contributed by atoms with Crippen LogP contribution in [0.5, 0.6) is 11.5 Å². The van der Waals surface area contributed by atoms with Gasteiger partial charge in [0.15, 0.2) is 17.3 Å². The number of halogens is 2. The molecule has 0 aromatic heterocycles. The van der Waals surface area contributed by atoms with E-state index < -0.39 is 40.2 Å². The Hall–Kier alpha value is -3.80. The topological polar surface area (TPSA) is 136 Å². The SMILES string of the molecule is COc1ccc(S(=O)(=O)N(CC(=O)N2CCC[C@H]2C(N)=O)c2ccc(Cl)cc2C(=O)c2ccccc2Cl)cc1OC. The molecule has 4 rings (SSSR count). The molecule has 2 N–H and O–H groups in total. The number of likely N-dealkylation sites (tertiary alicyclic amines) is 1. The number of carbonyl (C=O) groups is 3. The molecule has 2 amide bonds. The Morgan fingerprint density at radius 1 is 0.976 bits per heavy atom. The van der Waals surface area contributed by atoms with Gasteiger partial charge in [0.1, 0.15) is 12.6 Å². The summed E-state index contributed by atoms with van der Waals surface area (Å²) in [6, 6.07) is 13.4. The number of primary amides is 1. The van der Waals surface area contributed by atoms with Gasteiger partial charge in [-0.05, 0) is 55.3 Å². The summed E-state index contributed by atoms with van der Waals surface area (Å²) >= 11 is 12.5. The number of nitrogens with zero attached hydrogens (tertiary/aromatic N) is 2. The van der Waals surface area contributed by atoms with Crippen molar-refractivity contribution in [1.82, 2.24) is 4.90 Å². The van der Waals surface area contributed by atoms with Crippen LogP contribution in [-0.4, -0.2) is 64.3 Å². The minimum absolute atomic E-state index is 0.102. The van der Waals surface area contributed by atoms with E-state index in [1.165, 1.54) is 67.7 Å². The number of ketones is 1. The molecule has 0 unspecified atom stereocenters. The minimum atomic E-state index is -4.53. The molecule has 10 nitrogen and oxygen atoms in total. The molecule has 1 aliphatic heterocycles. The van der Waals surface area contributed by atoms with Crippen molar-refractivity contribution in [3.05, 3.63) is 81.8 Å². The van der Waals surface area contributed by atoms with E-state index in [-0.39, 0.29) is 49.8 Å². The normalized spacial score (nSPS) is 14.9. The van der Waals surface area contributed by atoms with E-state index in [4.69, 9.17) is 38.4 Å². The number of ether oxygens (including phenoxy) is 2. The molecule has 0 radical (unpaired) electrons. The first-order chi connectivity index (χ1) is 19.5. The first-order valence-electron chi connectivity index (χ1n) is 12.4. The average Bonchev–Trinajstić information content (AvgIpc) is 3.46. The van der Waals surface area contributed by atoms with Gasteiger partial charge < -0.3 is 20.1 Å². The molecule has 0 bridgehead atoms. The van der Waals surface area contributed by atoms with Crippen LogP contribution in [0.2, 0.25) is 10.0 Å². The van der Waals surface area contributed by atoms with E-state index in [2.05, 4.69) is 0 Å². The molecule has 1 aliphatic rings. The summed E-state index contributed by atoms with van der Waals surface area (Å²) in [5.74, 6) is -1.54. The Balaban J connectivity index is 1.89. The van der Waals surface area contributed by atoms with Gasteiger partial charge in [-0.2, -0.15) is 0 Å². The largest absolute Gasteiger partial charge is 0.493 e. The second-order valence-corrected chi connectivity index (χ2v) is 11.9. The van der Waals surface area contributed by atoms with Crippen LogP contribution in [0.15, 0.2) is 65.6 Å². The van der Waals surface area contributed by atoms with Crippen molar-refractivity contribution < 1.29 is 32.3 Å². The summed E-state index contributed by atoms with van der Waals surface area (Å²) < 4.78 is 39.8. The monoisotopic (exact) mass is 619 g/mol. The van der Waals surface area contributed by atoms with Crippen LogP contribution in [-0.2, 0) is 19.6 Å². The predicted octanol–water partition coefficient (Wildman–Crippen LogP) is 3.91. The maximum absolute atomic E-state index is 14.2. The molecule has 13 heteroatoms. The van der Waals surface area contributed by atoms with Gasteiger partial charge in [-0.15, -0.1) is 0 Å². The lowest BCUT2D eigenvalue weighted by molar-refractivity contribution is -0.136. The van der Waals surface area contributed by atoms with Gasteiger partial charge in [0.05, 0.1) is 29.8 Å². The van der Waals surface area contributed by atoms with Gasteiger partial charge in [0, 0.05) is 28.8 Å². The third kappa shape index (κ3) is 6.12. The van der Waals surface area contributed by atoms with Crippen LogP contribution in [0.4, 0.5) is 5.69 Å². The second kappa shape index (κ2) is 12.4. The van der Waals surface area contributed by atoms with Crippen molar-refractivity contribution in [2.24, 2.45) is 5.73 Å². The molecule has 1 fully saturated rings. The van der Waals surface area contributed by atoms with E-state index in [1.54, 1.807) is 12.1 Å². The summed E-state index contributed by atoms with van der Waals surface area (Å²) in [5.41, 5.74) is 5.40. The molecular formula is C28H27Cl2N3O7S. The fraction of sp³-hybridized carbons (Fsp3) is 0.250. The van der Waals surface area contributed by atoms with Crippen LogP contribution in [0.1, 0.15) is 28.8 Å². The molecule has 0 saturated carbocycles. The average molecular weight is 621 g/mol. The molecule has 3 aromatic carbocycles. The lowest BCUT2D eigenvalue weighted by Gasteiger charge is -2.29. The zero-order valence-electron chi connectivity index (χ0n) is 22.2. The second-order valence-electron chi connectivity index (χ2n) is 9.15. The number of rotatable bonds is 10. The molecule has 41 heavy (non-hydrogen) atoms. The molecular weight excluding hydrogens is 593 g/mol. The number of hydrogen-bond donors (Lipinski definition) is 1. The van der Waals surface area contributed by atoms with E-state index in [0.29, 0.717) is 12.8 Å². The number of nitrogens with two attached hydrogens (primary N) is 1. The van der Waals surface area contributed by atoms with E-state index in [9.17, 15) is 22.8 Å². The number of anilines is 1. The third-order valence-corrected chi connectivity index (χ3v) is 9.03. The maximum Gasteiger partial charge on any atom is 0.264 e. The summed E-state index contributed by atoms with van der Waals surface area (Å²) in [6.45, 7) is -0.506. The zero-order chi connectivity index (χ0) is 29.9. The number of sulfonamides is 1. The number of benzene rings is 3. The smallest absolute Gasteiger partial charge is 0.264 e. The Labute approximate surface area is 247 Å². The highest BCUT2D eigenvalue weighted by molar-refractivity contribution is 7.92. The van der Waals surface area contributed by atoms with Crippen LogP contribution in [0.3, 0.4) is 0 Å². The predicted molar refractivity (Wildman–Crippen MR) is 154 cm³/mol. The standard InChI is InChI=1S/C28H27Cl2N3O7S/c1-39-24-12-10-18(15-25(24)40-2)41(37,38)33(16-26(34)32-13-5-8-23(32)28(31)36)22-11-9-17(29)14-20(22)27(35)19-6-3-4-7-21(19)30/h3-4,6-7,9-12,14-15,23H,5,8,13,16H2,1-2H3,(H2,31,36)/t23-/m0/s1. The van der Waals surface area contributed by atoms with Crippen molar-refractivity contribution in [3.63, 3.8) is 0 Å². The quantitative estimate of drug-likeness (QED) is 0.340. The van der Waals surface area contributed by atoms with Crippen LogP contribution in [0, 0.1) is 0 Å². The minimum Gasteiger partial charge on any atom is -0.493 e. The highest BCUT2D eigenvalue weighted by Crippen LogP contribution is 2.35. The zero-order valence-corrected chi connectivity index (χ0v) is 24.5. The van der Waals surface area contributed by atoms with Gasteiger partial charge in [-0.1, -0.05) is 35.3 Å². The highest BCUT2D eigenvalue weighted by Gasteiger charge is 2.37. The van der Waals surface area contributed by atoms with Gasteiger partial charge in [-0.25, -0.2) is 8.42 Å². The summed E-state index contributed by atoms with van der Waals surface area (Å²) in [5, 5.41) is 0.308. The molecule has 216 valence electrons. The van der Waals surface area contributed by atoms with Crippen molar-refractivity contribution in [2.75, 3.05) is 31.6 Å². The van der Waals surface area contributed by atoms with Gasteiger partial charge in [-0.3, -0.25) is 18.7 Å². The van der Waals surface area contributed by atoms with Crippen molar-refractivity contribution >= 4 is 56.5 Å². The summed E-state index contributed by atoms with van der Waals surface area (Å²) in [6.07, 6.45) is 0.889. The lowest BCUT2D eigenvalue weighted by Crippen LogP contribution is -2.49. The molecule has 1 saturated heterocycles. The molecule has 1 atom stereocenters. The number of amides is 2. The van der Waals surface area contributed by atoms with E-state index >= 15 is 0 Å². The highest BCUT2D eigenvalue weighted by atomic mass is 35.5. The van der Waals surface area contributed by atoms with Gasteiger partial charge in [0.2, 0.25) is 11.8 Å². The van der Waals surface area contributed by atoms with Crippen molar-refractivity contribution in [1.29, 1.82) is 0 Å². The number of hydrogen-bond acceptors (Lipinski definition) is 7. The number of carbonyl (C=O) groups excluding carboxylic acids is 3. The van der Waals surface area contributed by atoms with Gasteiger partial charge in [0.25, 0.3) is 10.0 Å². The molecule has 0 aliphatic carbocycles. The Kier molecular flexibility index (Phi) is 9.11. The molecule has 0 spiro atoms. The lowest BCUT2D eigenvalue weighted by atomic mass is 10.0. The first-order valence-corrected chi connectivity index (χ1v) is 14.6. The van der Waals surface area contributed by atoms with Crippen molar-refractivity contribution in [2.45, 2.75) is 23.8 Å². The van der Waals surface area contributed by atoms with E-state index in [1.807, 2.05) is 0 Å². The maximum atomic E-state index is 14.2. The third-order valence-electron chi connectivity index (χ3n) is 6.71. The molecule has 1 heterocycles. The van der Waals surface area contributed by atoms with Gasteiger partial charge >= 0.3 is 0 Å². The Morgan fingerprint density at radius 3 is 2.34 bits per heavy atom. The number of methoxy groups -OCH3 is 2. The fourth-order valence-electron chi connectivity index (χ4n) is 4.68. The van der Waals surface area contributed by atoms with Crippen molar-refractivity contribution in [3.8, 4) is 11.5 Å². The van der Waals surface area contributed by atoms with Crippen LogP contribution >= 0.6 is 23.2 Å². The Morgan fingerprint density at radius 2 is 1.68 bits per heavy atom. The Bertz CT molecular complexity index is 1610. The summed E-state index contributed by atoms with van der Waals surface area (Å²) in [4.78, 5) is 40.3. The van der Waals surface area contributed by atoms with E-state index in [0.717, 1.165) is 4.31 Å². The summed E-state index contributed by atoms with van der Waals surface area (Å²) in [7, 11) is -1.77. The van der Waals surface area contributed by atoms with Crippen LogP contribution in [0.25, 0.3) is 0 Å². The first kappa shape index (κ1) is 30.2. The molecule has 3 aromatic rings. The fourth-order valence-corrected chi connectivity index (χ4v) is 6.52.